The third-order valence-corrected chi connectivity index (χ3v) is 6.19. The van der Waals surface area contributed by atoms with Gasteiger partial charge in [0.15, 0.2) is 22.6 Å². The minimum absolute atomic E-state index is 0.233. The molecule has 2 aromatic heterocycles. The molecular formula is C21H15BrF3N5S. The Balaban J connectivity index is 1.91. The van der Waals surface area contributed by atoms with Crippen LogP contribution < -0.4 is 4.90 Å². The van der Waals surface area contributed by atoms with Crippen molar-refractivity contribution in [1.82, 2.24) is 14.8 Å². The summed E-state index contributed by atoms with van der Waals surface area (Å²) in [5.41, 5.74) is 0.798. The number of fused-ring (bicyclic) bond motifs is 1. The largest absolute Gasteiger partial charge is 0.302 e. The van der Waals surface area contributed by atoms with E-state index in [1.54, 1.807) is 10.7 Å². The van der Waals surface area contributed by atoms with Gasteiger partial charge in [-0.1, -0.05) is 27.3 Å². The molecule has 0 aliphatic heterocycles. The van der Waals surface area contributed by atoms with Crippen LogP contribution >= 0.6 is 27.3 Å². The highest BCUT2D eigenvalue weighted by Crippen LogP contribution is 2.39. The van der Waals surface area contributed by atoms with Crippen LogP contribution in [0.5, 0.6) is 0 Å². The number of rotatable bonds is 5. The first kappa shape index (κ1) is 21.3. The summed E-state index contributed by atoms with van der Waals surface area (Å²) in [7, 11) is 0. The smallest absolute Gasteiger partial charge is 0.192 e. The Bertz CT molecular complexity index is 1340. The summed E-state index contributed by atoms with van der Waals surface area (Å²) in [5.74, 6) is -1.80. The summed E-state index contributed by atoms with van der Waals surface area (Å²) in [4.78, 5) is 6.66. The second-order valence-corrected chi connectivity index (χ2v) is 8.48. The van der Waals surface area contributed by atoms with Crippen molar-refractivity contribution in [2.24, 2.45) is 0 Å². The first-order chi connectivity index (χ1) is 14.9. The fourth-order valence-corrected chi connectivity index (χ4v) is 4.75. The molecule has 0 spiro atoms. The quantitative estimate of drug-likeness (QED) is 0.315. The lowest BCUT2D eigenvalue weighted by atomic mass is 10.1. The first-order valence-corrected chi connectivity index (χ1v) is 11.0. The molecule has 5 nitrogen and oxygen atoms in total. The number of benzene rings is 2. The number of anilines is 2. The Morgan fingerprint density at radius 1 is 1.13 bits per heavy atom. The van der Waals surface area contributed by atoms with E-state index < -0.39 is 17.5 Å². The predicted molar refractivity (Wildman–Crippen MR) is 118 cm³/mol. The van der Waals surface area contributed by atoms with Gasteiger partial charge in [0.1, 0.15) is 28.0 Å². The molecule has 4 rings (SSSR count). The maximum atomic E-state index is 14.5. The standard InChI is InChI=1S/C21H15BrF3N5S/c1-3-29(20-13-8-12(22)9-16(25)19(13)28-30(20)4-2)21-27-18(17(10-26)31-21)11-5-6-14(23)15(24)7-11/h5-9H,3-4H2,1-2H3. The summed E-state index contributed by atoms with van der Waals surface area (Å²) >= 11 is 4.45. The van der Waals surface area contributed by atoms with E-state index in [1.165, 1.54) is 12.1 Å². The van der Waals surface area contributed by atoms with E-state index in [4.69, 9.17) is 0 Å². The molecule has 10 heteroatoms. The van der Waals surface area contributed by atoms with Crippen molar-refractivity contribution in [1.29, 1.82) is 5.26 Å². The zero-order chi connectivity index (χ0) is 22.3. The van der Waals surface area contributed by atoms with Gasteiger partial charge in [-0.3, -0.25) is 0 Å². The van der Waals surface area contributed by atoms with Gasteiger partial charge in [0, 0.05) is 28.5 Å². The van der Waals surface area contributed by atoms with Crippen molar-refractivity contribution in [2.45, 2.75) is 20.4 Å². The number of nitrogens with zero attached hydrogens (tertiary/aromatic N) is 5. The molecule has 0 saturated carbocycles. The van der Waals surface area contributed by atoms with E-state index in [1.807, 2.05) is 18.7 Å². The average Bonchev–Trinajstić information content (AvgIpc) is 3.33. The summed E-state index contributed by atoms with van der Waals surface area (Å²) < 4.78 is 43.9. The summed E-state index contributed by atoms with van der Waals surface area (Å²) in [5, 5.41) is 15.1. The number of hydrogen-bond donors (Lipinski definition) is 0. The van der Waals surface area contributed by atoms with E-state index in [0.717, 1.165) is 23.5 Å². The predicted octanol–water partition coefficient (Wildman–Crippen LogP) is 6.39. The highest BCUT2D eigenvalue weighted by atomic mass is 79.9. The second-order valence-electron chi connectivity index (χ2n) is 6.58. The molecule has 0 unspecified atom stereocenters. The normalized spacial score (nSPS) is 11.1. The van der Waals surface area contributed by atoms with Gasteiger partial charge < -0.3 is 4.90 Å². The van der Waals surface area contributed by atoms with Crippen molar-refractivity contribution < 1.29 is 13.2 Å². The number of thiazole rings is 1. The van der Waals surface area contributed by atoms with Crippen molar-refractivity contribution >= 4 is 49.1 Å². The molecular weight excluding hydrogens is 491 g/mol. The second kappa shape index (κ2) is 8.32. The van der Waals surface area contributed by atoms with Gasteiger partial charge in [-0.25, -0.2) is 22.8 Å². The van der Waals surface area contributed by atoms with Gasteiger partial charge in [-0.15, -0.1) is 0 Å². The number of aromatic nitrogens is 3. The van der Waals surface area contributed by atoms with Crippen LogP contribution in [0.1, 0.15) is 18.7 Å². The van der Waals surface area contributed by atoms with Crippen molar-refractivity contribution in [3.63, 3.8) is 0 Å². The van der Waals surface area contributed by atoms with Crippen molar-refractivity contribution in [2.75, 3.05) is 11.4 Å². The van der Waals surface area contributed by atoms with Crippen LogP contribution in [0.25, 0.3) is 22.2 Å². The number of halogens is 4. The summed E-state index contributed by atoms with van der Waals surface area (Å²) in [6, 6.07) is 8.62. The maximum absolute atomic E-state index is 14.5. The van der Waals surface area contributed by atoms with Gasteiger partial charge in [0.25, 0.3) is 0 Å². The van der Waals surface area contributed by atoms with E-state index >= 15 is 0 Å². The third-order valence-electron chi connectivity index (χ3n) is 4.75. The Labute approximate surface area is 188 Å². The van der Waals surface area contributed by atoms with E-state index in [-0.39, 0.29) is 16.1 Å². The summed E-state index contributed by atoms with van der Waals surface area (Å²) in [6.07, 6.45) is 0. The van der Waals surface area contributed by atoms with Gasteiger partial charge >= 0.3 is 0 Å². The van der Waals surface area contributed by atoms with Crippen LogP contribution in [-0.4, -0.2) is 21.3 Å². The third kappa shape index (κ3) is 3.68. The first-order valence-electron chi connectivity index (χ1n) is 9.37. The molecule has 0 radical (unpaired) electrons. The van der Waals surface area contributed by atoms with Crippen LogP contribution in [-0.2, 0) is 6.54 Å². The monoisotopic (exact) mass is 505 g/mol. The Morgan fingerprint density at radius 2 is 1.90 bits per heavy atom. The van der Waals surface area contributed by atoms with Gasteiger partial charge in [-0.05, 0) is 44.2 Å². The molecule has 4 aromatic rings. The summed E-state index contributed by atoms with van der Waals surface area (Å²) in [6.45, 7) is 4.75. The molecule has 0 aliphatic rings. The Kier molecular flexibility index (Phi) is 5.73. The van der Waals surface area contributed by atoms with Crippen LogP contribution in [0.15, 0.2) is 34.8 Å². The Hall–Kier alpha value is -2.90. The molecule has 31 heavy (non-hydrogen) atoms. The Morgan fingerprint density at radius 3 is 2.55 bits per heavy atom. The average molecular weight is 506 g/mol. The van der Waals surface area contributed by atoms with Gasteiger partial charge in [-0.2, -0.15) is 10.4 Å². The highest BCUT2D eigenvalue weighted by Gasteiger charge is 2.24. The lowest BCUT2D eigenvalue weighted by Gasteiger charge is -2.21. The number of aryl methyl sites for hydroxylation is 1. The fourth-order valence-electron chi connectivity index (χ4n) is 3.37. The molecule has 0 atom stereocenters. The van der Waals surface area contributed by atoms with Crippen LogP contribution in [0.2, 0.25) is 0 Å². The molecule has 0 fully saturated rings. The molecule has 0 amide bonds. The molecule has 0 aliphatic carbocycles. The van der Waals surface area contributed by atoms with Crippen LogP contribution in [0, 0.1) is 28.8 Å². The highest BCUT2D eigenvalue weighted by molar-refractivity contribution is 9.10. The molecule has 2 aromatic carbocycles. The molecule has 0 N–H and O–H groups in total. The van der Waals surface area contributed by atoms with E-state index in [2.05, 4.69) is 32.1 Å². The topological polar surface area (TPSA) is 57.7 Å². The SMILES string of the molecule is CCN(c1nc(-c2ccc(F)c(F)c2)c(C#N)s1)c1c2cc(Br)cc(F)c2nn1CC. The van der Waals surface area contributed by atoms with E-state index in [0.29, 0.717) is 39.5 Å². The van der Waals surface area contributed by atoms with E-state index in [9.17, 15) is 18.4 Å². The minimum Gasteiger partial charge on any atom is -0.302 e. The van der Waals surface area contributed by atoms with Crippen LogP contribution in [0.3, 0.4) is 0 Å². The van der Waals surface area contributed by atoms with Gasteiger partial charge in [0.05, 0.1) is 0 Å². The lowest BCUT2D eigenvalue weighted by Crippen LogP contribution is -2.20. The fraction of sp³-hybridized carbons (Fsp3) is 0.190. The molecule has 2 heterocycles. The minimum atomic E-state index is -1.02. The van der Waals surface area contributed by atoms with Gasteiger partial charge in [0.2, 0.25) is 0 Å². The number of hydrogen-bond acceptors (Lipinski definition) is 5. The number of nitriles is 1. The molecule has 158 valence electrons. The zero-order valence-corrected chi connectivity index (χ0v) is 18.9. The van der Waals surface area contributed by atoms with Crippen molar-refractivity contribution in [3.8, 4) is 17.3 Å². The maximum Gasteiger partial charge on any atom is 0.192 e. The molecule has 0 bridgehead atoms. The van der Waals surface area contributed by atoms with Crippen LogP contribution in [0.4, 0.5) is 24.1 Å². The lowest BCUT2D eigenvalue weighted by molar-refractivity contribution is 0.509. The molecule has 0 saturated heterocycles. The zero-order valence-electron chi connectivity index (χ0n) is 16.5. The van der Waals surface area contributed by atoms with Crippen molar-refractivity contribution in [3.05, 3.63) is 57.1 Å².